The van der Waals surface area contributed by atoms with Crippen molar-refractivity contribution in [2.24, 2.45) is 11.8 Å². The van der Waals surface area contributed by atoms with Gasteiger partial charge in [0.05, 0.1) is 32.1 Å². The van der Waals surface area contributed by atoms with E-state index in [0.29, 0.717) is 22.3 Å². The molecular weight excluding hydrogens is 548 g/mol. The summed E-state index contributed by atoms with van der Waals surface area (Å²) in [5, 5.41) is 31.0. The van der Waals surface area contributed by atoms with Gasteiger partial charge in [-0.05, 0) is 34.4 Å². The number of benzene rings is 2. The van der Waals surface area contributed by atoms with Crippen molar-refractivity contribution in [1.29, 1.82) is 5.41 Å². The second kappa shape index (κ2) is 12.0. The molecule has 1 aliphatic rings. The molecule has 8 heteroatoms. The molecule has 208 valence electrons. The molecule has 3 N–H and O–H groups in total. The molecule has 0 radical (unpaired) electrons. The number of halogens is 1. The molecule has 3 unspecified atom stereocenters. The highest BCUT2D eigenvalue weighted by molar-refractivity contribution is 8.93. The van der Waals surface area contributed by atoms with Crippen LogP contribution in [0.25, 0.3) is 0 Å². The lowest BCUT2D eigenvalue weighted by Crippen LogP contribution is -2.34. The summed E-state index contributed by atoms with van der Waals surface area (Å²) in [4.78, 5) is 27.4. The predicted octanol–water partition coefficient (Wildman–Crippen LogP) is 5.57. The van der Waals surface area contributed by atoms with E-state index in [2.05, 4.69) is 0 Å². The van der Waals surface area contributed by atoms with E-state index in [-0.39, 0.29) is 70.6 Å². The molecule has 1 saturated heterocycles. The van der Waals surface area contributed by atoms with Gasteiger partial charge >= 0.3 is 5.97 Å². The maximum Gasteiger partial charge on any atom is 0.305 e. The number of phenolic OH excluding ortho intramolecular Hbond substituents is 1. The lowest BCUT2D eigenvalue weighted by atomic mass is 9.78. The fourth-order valence-corrected chi connectivity index (χ4v) is 5.04. The summed E-state index contributed by atoms with van der Waals surface area (Å²) >= 11 is 0. The Labute approximate surface area is 236 Å². The topological polar surface area (TPSA) is 111 Å². The second-order valence-corrected chi connectivity index (χ2v) is 12.0. The second-order valence-electron chi connectivity index (χ2n) is 12.0. The minimum atomic E-state index is -0.989. The van der Waals surface area contributed by atoms with Crippen molar-refractivity contribution in [1.82, 2.24) is 4.90 Å². The van der Waals surface area contributed by atoms with Gasteiger partial charge in [0.1, 0.15) is 11.6 Å². The minimum absolute atomic E-state index is 0. The molecule has 1 fully saturated rings. The van der Waals surface area contributed by atoms with Crippen LogP contribution in [0.3, 0.4) is 0 Å². The molecule has 1 aliphatic heterocycles. The van der Waals surface area contributed by atoms with Crippen LogP contribution in [0.4, 0.5) is 0 Å². The number of phenols is 1. The molecular formula is C30H41BrN2O5. The Kier molecular flexibility index (Phi) is 9.94. The molecule has 0 saturated carbocycles. The van der Waals surface area contributed by atoms with Crippen molar-refractivity contribution in [2.45, 2.75) is 64.9 Å². The Morgan fingerprint density at radius 3 is 2.05 bits per heavy atom. The quantitative estimate of drug-likeness (QED) is 0.288. The normalized spacial score (nSPS) is 18.6. The van der Waals surface area contributed by atoms with Crippen molar-refractivity contribution in [3.63, 3.8) is 0 Å². The lowest BCUT2D eigenvalue weighted by Gasteiger charge is -2.28. The fourth-order valence-electron chi connectivity index (χ4n) is 5.04. The fraction of sp³-hybridized carbons (Fsp3) is 0.500. The smallest absolute Gasteiger partial charge is 0.305 e. The van der Waals surface area contributed by atoms with Gasteiger partial charge in [-0.15, -0.1) is 17.0 Å². The van der Waals surface area contributed by atoms with Crippen molar-refractivity contribution < 1.29 is 24.5 Å². The highest BCUT2D eigenvalue weighted by atomic mass is 79.9. The number of methoxy groups -OCH3 is 1. The van der Waals surface area contributed by atoms with Gasteiger partial charge in [0, 0.05) is 23.2 Å². The Balaban J connectivity index is 0.00000507. The van der Waals surface area contributed by atoms with Gasteiger partial charge in [-0.3, -0.25) is 15.0 Å². The molecule has 0 aromatic heterocycles. The molecule has 3 rings (SSSR count). The number of rotatable bonds is 7. The number of aliphatic hydroxyl groups excluding tert-OH is 1. The Morgan fingerprint density at radius 2 is 1.58 bits per heavy atom. The predicted molar refractivity (Wildman–Crippen MR) is 154 cm³/mol. The van der Waals surface area contributed by atoms with Crippen LogP contribution in [0.2, 0.25) is 0 Å². The highest BCUT2D eigenvalue weighted by Gasteiger charge is 2.44. The monoisotopic (exact) mass is 588 g/mol. The number of Topliss-reactive ketones (excluding diaryl/α,β-unsaturated/α-hetero) is 1. The first-order valence-electron chi connectivity index (χ1n) is 12.7. The Morgan fingerprint density at radius 1 is 1.05 bits per heavy atom. The number of hydrogen-bond acceptors (Lipinski definition) is 6. The van der Waals surface area contributed by atoms with E-state index >= 15 is 0 Å². The molecule has 38 heavy (non-hydrogen) atoms. The van der Waals surface area contributed by atoms with E-state index in [9.17, 15) is 19.8 Å². The number of aliphatic hydroxyl groups is 1. The number of ether oxygens (including phenoxy) is 1. The van der Waals surface area contributed by atoms with E-state index in [1.165, 1.54) is 7.11 Å². The van der Waals surface area contributed by atoms with Gasteiger partial charge in [0.25, 0.3) is 0 Å². The van der Waals surface area contributed by atoms with Crippen molar-refractivity contribution in [3.8, 4) is 5.75 Å². The first-order valence-corrected chi connectivity index (χ1v) is 12.7. The van der Waals surface area contributed by atoms with Gasteiger partial charge in [-0.2, -0.15) is 0 Å². The van der Waals surface area contributed by atoms with E-state index in [0.717, 1.165) is 0 Å². The maximum atomic E-state index is 13.6. The lowest BCUT2D eigenvalue weighted by molar-refractivity contribution is -0.142. The number of aromatic hydroxyl groups is 1. The largest absolute Gasteiger partial charge is 0.507 e. The maximum absolute atomic E-state index is 13.6. The Bertz CT molecular complexity index is 1130. The number of carbonyl (C=O) groups is 2. The molecule has 2 aromatic carbocycles. The number of likely N-dealkylation sites (tertiary alicyclic amines) is 1. The summed E-state index contributed by atoms with van der Waals surface area (Å²) in [6.07, 6.45) is -0.947. The van der Waals surface area contributed by atoms with E-state index in [1.807, 2.05) is 59.7 Å². The third-order valence-electron chi connectivity index (χ3n) is 7.14. The standard InChI is InChI=1S/C30H40N2O5.BrH/c1-29(2,3)21-13-19(14-22(27(21)36)30(4,5)6)23(33)17-32-16-20(15-24(34)37-7)25(28(32)31)26(35)18-11-9-8-10-12-18;/h8-14,20,25-26,31,35-36H,15-17H2,1-7H3;1H. The third kappa shape index (κ3) is 6.83. The summed E-state index contributed by atoms with van der Waals surface area (Å²) in [6.45, 7) is 12.2. The third-order valence-corrected chi connectivity index (χ3v) is 7.14. The average molecular weight is 590 g/mol. The van der Waals surface area contributed by atoms with Crippen LogP contribution >= 0.6 is 17.0 Å². The van der Waals surface area contributed by atoms with Gasteiger partial charge in [0.15, 0.2) is 5.78 Å². The summed E-state index contributed by atoms with van der Waals surface area (Å²) in [5.41, 5.74) is 1.76. The number of carbonyl (C=O) groups excluding carboxylic acids is 2. The zero-order valence-corrected chi connectivity index (χ0v) is 25.1. The first-order chi connectivity index (χ1) is 17.1. The van der Waals surface area contributed by atoms with Gasteiger partial charge in [-0.1, -0.05) is 71.9 Å². The van der Waals surface area contributed by atoms with Crippen molar-refractivity contribution >= 4 is 34.6 Å². The van der Waals surface area contributed by atoms with E-state index < -0.39 is 18.0 Å². The SMILES string of the molecule is Br.COC(=O)CC1CN(CC(=O)c2cc(C(C)(C)C)c(O)c(C(C)(C)C)c2)C(=N)C1C(O)c1ccccc1. The average Bonchev–Trinajstić information content (AvgIpc) is 3.11. The number of hydrogen-bond donors (Lipinski definition) is 3. The first kappa shape index (κ1) is 31.5. The van der Waals surface area contributed by atoms with Crippen molar-refractivity contribution in [2.75, 3.05) is 20.2 Å². The van der Waals surface area contributed by atoms with Crippen LogP contribution in [0.5, 0.6) is 5.75 Å². The molecule has 0 amide bonds. The van der Waals surface area contributed by atoms with E-state index in [4.69, 9.17) is 10.1 Å². The Hall–Kier alpha value is -2.71. The molecule has 0 bridgehead atoms. The van der Waals surface area contributed by atoms with E-state index in [1.54, 1.807) is 29.2 Å². The molecule has 2 aromatic rings. The zero-order chi connectivity index (χ0) is 27.7. The molecule has 3 atom stereocenters. The number of nitrogens with zero attached hydrogens (tertiary/aromatic N) is 1. The van der Waals surface area contributed by atoms with Crippen LogP contribution < -0.4 is 0 Å². The molecule has 0 spiro atoms. The zero-order valence-electron chi connectivity index (χ0n) is 23.4. The molecule has 1 heterocycles. The molecule has 0 aliphatic carbocycles. The highest BCUT2D eigenvalue weighted by Crippen LogP contribution is 2.41. The van der Waals surface area contributed by atoms with Gasteiger partial charge in [-0.25, -0.2) is 0 Å². The van der Waals surface area contributed by atoms with Crippen LogP contribution in [0, 0.1) is 17.2 Å². The van der Waals surface area contributed by atoms with Crippen LogP contribution in [-0.4, -0.2) is 52.9 Å². The van der Waals surface area contributed by atoms with Gasteiger partial charge < -0.3 is 19.8 Å². The van der Waals surface area contributed by atoms with Crippen LogP contribution in [0.15, 0.2) is 42.5 Å². The van der Waals surface area contributed by atoms with Crippen LogP contribution in [0.1, 0.15) is 81.1 Å². The van der Waals surface area contributed by atoms with Gasteiger partial charge in [0.2, 0.25) is 0 Å². The molecule has 7 nitrogen and oxygen atoms in total. The summed E-state index contributed by atoms with van der Waals surface area (Å²) in [6, 6.07) is 12.6. The van der Waals surface area contributed by atoms with Crippen molar-refractivity contribution in [3.05, 3.63) is 64.7 Å². The summed E-state index contributed by atoms with van der Waals surface area (Å²) in [7, 11) is 1.32. The van der Waals surface area contributed by atoms with Crippen LogP contribution in [-0.2, 0) is 20.4 Å². The number of ketones is 1. The summed E-state index contributed by atoms with van der Waals surface area (Å²) < 4.78 is 4.87. The number of amidine groups is 1. The summed E-state index contributed by atoms with van der Waals surface area (Å²) in [5.74, 6) is -1.30. The minimum Gasteiger partial charge on any atom is -0.507 e. The number of esters is 1. The number of nitrogens with one attached hydrogen (secondary N) is 1.